The molecule has 30 heavy (non-hydrogen) atoms. The monoisotopic (exact) mass is 529 g/mol. The second kappa shape index (κ2) is 13.9. The third-order valence-electron chi connectivity index (χ3n) is 5.29. The molecule has 1 unspecified atom stereocenters. The van der Waals surface area contributed by atoms with Gasteiger partial charge in [0.1, 0.15) is 0 Å². The summed E-state index contributed by atoms with van der Waals surface area (Å²) in [6.45, 7) is 9.93. The highest BCUT2D eigenvalue weighted by Gasteiger charge is 2.20. The summed E-state index contributed by atoms with van der Waals surface area (Å²) in [6, 6.07) is 7.86. The number of aliphatic imine (C=N–C) groups is 1. The van der Waals surface area contributed by atoms with E-state index in [1.165, 1.54) is 32.5 Å². The molecule has 0 spiro atoms. The topological polar surface area (TPSA) is 60.0 Å². The van der Waals surface area contributed by atoms with E-state index in [1.54, 1.807) is 19.0 Å². The van der Waals surface area contributed by atoms with Gasteiger partial charge in [0.25, 0.3) is 5.91 Å². The number of rotatable bonds is 8. The fraction of sp³-hybridized carbons (Fsp3) is 0.652. The van der Waals surface area contributed by atoms with E-state index in [0.717, 1.165) is 42.5 Å². The van der Waals surface area contributed by atoms with Crippen LogP contribution in [0.4, 0.5) is 0 Å². The van der Waals surface area contributed by atoms with Gasteiger partial charge in [-0.1, -0.05) is 26.0 Å². The number of likely N-dealkylation sites (tertiary alicyclic amines) is 1. The number of carbonyl (C=O) groups excluding carboxylic acids is 1. The number of piperidine rings is 1. The summed E-state index contributed by atoms with van der Waals surface area (Å²) in [6.07, 6.45) is 3.42. The van der Waals surface area contributed by atoms with Gasteiger partial charge in [0.2, 0.25) is 0 Å². The molecule has 1 amide bonds. The lowest BCUT2D eigenvalue weighted by Crippen LogP contribution is -2.45. The zero-order valence-electron chi connectivity index (χ0n) is 19.3. The molecular weight excluding hydrogens is 489 g/mol. The van der Waals surface area contributed by atoms with Gasteiger partial charge < -0.3 is 20.4 Å². The molecule has 1 atom stereocenters. The normalized spacial score (nSPS) is 17.4. The quantitative estimate of drug-likeness (QED) is 0.309. The molecule has 1 aromatic rings. The first-order valence-electron chi connectivity index (χ1n) is 10.9. The summed E-state index contributed by atoms with van der Waals surface area (Å²) in [5.41, 5.74) is 1.88. The van der Waals surface area contributed by atoms with Gasteiger partial charge in [-0.3, -0.25) is 9.79 Å². The third kappa shape index (κ3) is 9.20. The molecule has 1 heterocycles. The number of hydrogen-bond acceptors (Lipinski definition) is 3. The van der Waals surface area contributed by atoms with Crippen molar-refractivity contribution in [3.8, 4) is 0 Å². The molecule has 1 saturated heterocycles. The summed E-state index contributed by atoms with van der Waals surface area (Å²) in [5, 5.41) is 6.90. The smallest absolute Gasteiger partial charge is 0.253 e. The SMILES string of the molecule is CN=C(NCCc1cccc(C(=O)N(C)C)c1)NCC1CCCN(CC(C)C)C1.I. The highest BCUT2D eigenvalue weighted by Crippen LogP contribution is 2.16. The minimum Gasteiger partial charge on any atom is -0.356 e. The van der Waals surface area contributed by atoms with Gasteiger partial charge in [-0.15, -0.1) is 24.0 Å². The Bertz CT molecular complexity index is 677. The Kier molecular flexibility index (Phi) is 12.3. The van der Waals surface area contributed by atoms with Crippen molar-refractivity contribution in [2.75, 3.05) is 53.9 Å². The van der Waals surface area contributed by atoms with Crippen LogP contribution in [0.1, 0.15) is 42.6 Å². The number of nitrogens with zero attached hydrogens (tertiary/aromatic N) is 3. The fourth-order valence-corrected chi connectivity index (χ4v) is 3.91. The molecule has 0 aromatic heterocycles. The molecule has 0 bridgehead atoms. The molecule has 2 N–H and O–H groups in total. The van der Waals surface area contributed by atoms with Crippen LogP contribution in [0.25, 0.3) is 0 Å². The first kappa shape index (κ1) is 26.7. The highest BCUT2D eigenvalue weighted by atomic mass is 127. The van der Waals surface area contributed by atoms with Gasteiger partial charge in [-0.25, -0.2) is 0 Å². The van der Waals surface area contributed by atoms with Crippen molar-refractivity contribution in [3.63, 3.8) is 0 Å². The number of carbonyl (C=O) groups is 1. The Morgan fingerprint density at radius 2 is 2.07 bits per heavy atom. The van der Waals surface area contributed by atoms with Crippen molar-refractivity contribution < 1.29 is 4.79 Å². The predicted octanol–water partition coefficient (Wildman–Crippen LogP) is 3.08. The van der Waals surface area contributed by atoms with Crippen LogP contribution in [0.2, 0.25) is 0 Å². The van der Waals surface area contributed by atoms with Crippen LogP contribution in [0.3, 0.4) is 0 Å². The fourth-order valence-electron chi connectivity index (χ4n) is 3.91. The number of benzene rings is 1. The zero-order valence-corrected chi connectivity index (χ0v) is 21.6. The largest absolute Gasteiger partial charge is 0.356 e. The van der Waals surface area contributed by atoms with Gasteiger partial charge in [-0.2, -0.15) is 0 Å². The molecule has 7 heteroatoms. The minimum atomic E-state index is 0. The van der Waals surface area contributed by atoms with Gasteiger partial charge in [0.05, 0.1) is 0 Å². The predicted molar refractivity (Wildman–Crippen MR) is 137 cm³/mol. The molecular formula is C23H40IN5O. The molecule has 0 radical (unpaired) electrons. The lowest BCUT2D eigenvalue weighted by molar-refractivity contribution is 0.0827. The molecule has 1 aliphatic heterocycles. The Balaban J connectivity index is 0.00000450. The Labute approximate surface area is 199 Å². The van der Waals surface area contributed by atoms with E-state index < -0.39 is 0 Å². The number of nitrogens with one attached hydrogen (secondary N) is 2. The van der Waals surface area contributed by atoms with Gasteiger partial charge >= 0.3 is 0 Å². The Morgan fingerprint density at radius 3 is 2.73 bits per heavy atom. The van der Waals surface area contributed by atoms with Crippen molar-refractivity contribution in [2.45, 2.75) is 33.1 Å². The van der Waals surface area contributed by atoms with E-state index in [2.05, 4.69) is 40.4 Å². The number of halogens is 1. The molecule has 1 aliphatic rings. The first-order valence-corrected chi connectivity index (χ1v) is 10.9. The summed E-state index contributed by atoms with van der Waals surface area (Å²) in [5.74, 6) is 2.29. The molecule has 1 aromatic carbocycles. The summed E-state index contributed by atoms with van der Waals surface area (Å²) < 4.78 is 0. The second-order valence-electron chi connectivity index (χ2n) is 8.69. The molecule has 170 valence electrons. The third-order valence-corrected chi connectivity index (χ3v) is 5.29. The van der Waals surface area contributed by atoms with E-state index in [-0.39, 0.29) is 29.9 Å². The van der Waals surface area contributed by atoms with Crippen LogP contribution in [-0.4, -0.2) is 75.5 Å². The van der Waals surface area contributed by atoms with E-state index in [1.807, 2.05) is 25.2 Å². The Hall–Kier alpha value is -1.35. The molecule has 0 aliphatic carbocycles. The van der Waals surface area contributed by atoms with Crippen LogP contribution in [-0.2, 0) is 6.42 Å². The zero-order chi connectivity index (χ0) is 21.2. The molecule has 0 saturated carbocycles. The average molecular weight is 530 g/mol. The van der Waals surface area contributed by atoms with Gasteiger partial charge in [-0.05, 0) is 55.3 Å². The lowest BCUT2D eigenvalue weighted by atomic mass is 9.97. The van der Waals surface area contributed by atoms with E-state index in [4.69, 9.17) is 0 Å². The second-order valence-corrected chi connectivity index (χ2v) is 8.69. The standard InChI is InChI=1S/C23H39N5O.HI/c1-18(2)16-28-13-7-9-20(17-28)15-26-23(24-3)25-12-11-19-8-6-10-21(14-19)22(29)27(4)5;/h6,8,10,14,18,20H,7,9,11-13,15-17H2,1-5H3,(H2,24,25,26);1H. The summed E-state index contributed by atoms with van der Waals surface area (Å²) in [4.78, 5) is 20.7. The van der Waals surface area contributed by atoms with Crippen LogP contribution < -0.4 is 10.6 Å². The average Bonchev–Trinajstić information content (AvgIpc) is 2.70. The van der Waals surface area contributed by atoms with Crippen LogP contribution in [0.15, 0.2) is 29.3 Å². The van der Waals surface area contributed by atoms with Crippen molar-refractivity contribution >= 4 is 35.8 Å². The lowest BCUT2D eigenvalue weighted by Gasteiger charge is -2.34. The maximum Gasteiger partial charge on any atom is 0.253 e. The van der Waals surface area contributed by atoms with Crippen molar-refractivity contribution in [1.82, 2.24) is 20.4 Å². The van der Waals surface area contributed by atoms with Crippen molar-refractivity contribution in [1.29, 1.82) is 0 Å². The molecule has 1 fully saturated rings. The van der Waals surface area contributed by atoms with Crippen molar-refractivity contribution in [2.24, 2.45) is 16.8 Å². The summed E-state index contributed by atoms with van der Waals surface area (Å²) in [7, 11) is 5.37. The van der Waals surface area contributed by atoms with E-state index in [9.17, 15) is 4.79 Å². The molecule has 2 rings (SSSR count). The number of amides is 1. The van der Waals surface area contributed by atoms with Gasteiger partial charge in [0, 0.05) is 52.9 Å². The Morgan fingerprint density at radius 1 is 1.30 bits per heavy atom. The van der Waals surface area contributed by atoms with Crippen LogP contribution in [0, 0.1) is 11.8 Å². The maximum atomic E-state index is 12.1. The highest BCUT2D eigenvalue weighted by molar-refractivity contribution is 14.0. The van der Waals surface area contributed by atoms with Gasteiger partial charge in [0.15, 0.2) is 5.96 Å². The molecule has 6 nitrogen and oxygen atoms in total. The minimum absolute atomic E-state index is 0. The van der Waals surface area contributed by atoms with E-state index >= 15 is 0 Å². The summed E-state index contributed by atoms with van der Waals surface area (Å²) >= 11 is 0. The maximum absolute atomic E-state index is 12.1. The number of guanidine groups is 1. The van der Waals surface area contributed by atoms with Crippen LogP contribution in [0.5, 0.6) is 0 Å². The number of hydrogen-bond donors (Lipinski definition) is 2. The van der Waals surface area contributed by atoms with Crippen LogP contribution >= 0.6 is 24.0 Å². The van der Waals surface area contributed by atoms with E-state index in [0.29, 0.717) is 5.92 Å². The van der Waals surface area contributed by atoms with Crippen molar-refractivity contribution in [3.05, 3.63) is 35.4 Å². The first-order chi connectivity index (χ1) is 13.9.